The average Bonchev–Trinajstić information content (AvgIpc) is 2.30. The van der Waals surface area contributed by atoms with Gasteiger partial charge in [0.15, 0.2) is 0 Å². The Bertz CT molecular complexity index is 451. The monoisotopic (exact) mass is 269 g/mol. The molecule has 1 rings (SSSR count). The van der Waals surface area contributed by atoms with Gasteiger partial charge in [-0.15, -0.1) is 0 Å². The van der Waals surface area contributed by atoms with Crippen LogP contribution < -0.4 is 11.1 Å². The van der Waals surface area contributed by atoms with Gasteiger partial charge in [0, 0.05) is 18.6 Å². The lowest BCUT2D eigenvalue weighted by atomic mass is 10.2. The van der Waals surface area contributed by atoms with Crippen LogP contribution in [0, 0.1) is 0 Å². The number of hydrogen-bond donors (Lipinski definition) is 2. The van der Waals surface area contributed by atoms with Gasteiger partial charge < -0.3 is 16.0 Å². The summed E-state index contributed by atoms with van der Waals surface area (Å²) in [6.45, 7) is 1.96. The number of rotatable bonds is 4. The van der Waals surface area contributed by atoms with E-state index in [0.29, 0.717) is 11.6 Å². The molecule has 0 fully saturated rings. The predicted molar refractivity (Wildman–Crippen MR) is 70.1 cm³/mol. The molecule has 0 bridgehead atoms. The van der Waals surface area contributed by atoms with Gasteiger partial charge in [-0.2, -0.15) is 0 Å². The summed E-state index contributed by atoms with van der Waals surface area (Å²) in [6, 6.07) is 5.91. The maximum Gasteiger partial charge on any atom is 0.312 e. The summed E-state index contributed by atoms with van der Waals surface area (Å²) in [5, 5.41) is 2.94. The maximum absolute atomic E-state index is 11.9. The normalized spacial score (nSPS) is 11.7. The Hall–Kier alpha value is -1.75. The first-order chi connectivity index (χ1) is 8.41. The number of carbonyl (C=O) groups excluding carboxylic acids is 2. The second-order valence-electron chi connectivity index (χ2n) is 4.02. The summed E-state index contributed by atoms with van der Waals surface area (Å²) in [5.74, 6) is -0.228. The molecule has 0 radical (unpaired) electrons. The lowest BCUT2D eigenvalue weighted by Crippen LogP contribution is -2.47. The van der Waals surface area contributed by atoms with E-state index >= 15 is 0 Å². The van der Waals surface area contributed by atoms with Gasteiger partial charge in [-0.25, -0.2) is 4.79 Å². The summed E-state index contributed by atoms with van der Waals surface area (Å²) >= 11 is 6.01. The Morgan fingerprint density at radius 1 is 1.44 bits per heavy atom. The molecule has 6 heteroatoms. The highest BCUT2D eigenvalue weighted by atomic mass is 35.5. The third kappa shape index (κ3) is 3.92. The van der Waals surface area contributed by atoms with E-state index in [1.807, 2.05) is 18.2 Å². The summed E-state index contributed by atoms with van der Waals surface area (Å²) in [4.78, 5) is 24.1. The molecule has 0 heterocycles. The second kappa shape index (κ2) is 6.26. The van der Waals surface area contributed by atoms with Gasteiger partial charge in [0.2, 0.25) is 5.91 Å². The van der Waals surface area contributed by atoms with Crippen LogP contribution in [0.4, 0.5) is 4.79 Å². The highest BCUT2D eigenvalue weighted by molar-refractivity contribution is 6.31. The molecule has 5 nitrogen and oxygen atoms in total. The number of halogens is 1. The number of carbonyl (C=O) groups is 2. The van der Waals surface area contributed by atoms with E-state index in [9.17, 15) is 9.59 Å². The molecule has 3 amide bonds. The molecule has 3 N–H and O–H groups in total. The molecule has 0 spiro atoms. The van der Waals surface area contributed by atoms with Crippen LogP contribution in [-0.2, 0) is 11.3 Å². The Morgan fingerprint density at radius 2 is 2.06 bits per heavy atom. The van der Waals surface area contributed by atoms with Crippen molar-refractivity contribution in [3.63, 3.8) is 0 Å². The van der Waals surface area contributed by atoms with Gasteiger partial charge in [-0.1, -0.05) is 29.8 Å². The summed E-state index contributed by atoms with van der Waals surface area (Å²) in [7, 11) is 1.64. The smallest absolute Gasteiger partial charge is 0.312 e. The number of nitrogens with one attached hydrogen (secondary N) is 1. The molecule has 98 valence electrons. The van der Waals surface area contributed by atoms with Crippen LogP contribution in [0.25, 0.3) is 0 Å². The van der Waals surface area contributed by atoms with Crippen molar-refractivity contribution in [1.82, 2.24) is 10.2 Å². The Labute approximate surface area is 111 Å². The first-order valence-corrected chi connectivity index (χ1v) is 5.84. The fourth-order valence-corrected chi connectivity index (χ4v) is 1.76. The number of primary amides is 1. The number of nitrogens with zero attached hydrogens (tertiary/aromatic N) is 1. The first kappa shape index (κ1) is 14.3. The molecule has 1 aromatic carbocycles. The Kier molecular flexibility index (Phi) is 4.97. The molecule has 18 heavy (non-hydrogen) atoms. The van der Waals surface area contributed by atoms with Crippen molar-refractivity contribution in [3.8, 4) is 0 Å². The molecule has 1 aromatic rings. The molecule has 1 atom stereocenters. The second-order valence-corrected chi connectivity index (χ2v) is 4.42. The zero-order chi connectivity index (χ0) is 13.7. The van der Waals surface area contributed by atoms with Crippen molar-refractivity contribution in [1.29, 1.82) is 0 Å². The minimum atomic E-state index is -0.720. The third-order valence-electron chi connectivity index (χ3n) is 2.47. The number of likely N-dealkylation sites (N-methyl/N-ethyl adjacent to an activating group) is 1. The van der Waals surface area contributed by atoms with Gasteiger partial charge in [-0.05, 0) is 18.6 Å². The minimum Gasteiger partial charge on any atom is -0.352 e. The molecule has 0 aliphatic rings. The van der Waals surface area contributed by atoms with Crippen LogP contribution in [0.15, 0.2) is 24.3 Å². The number of nitrogens with two attached hydrogens (primary N) is 1. The highest BCUT2D eigenvalue weighted by Crippen LogP contribution is 2.16. The molecule has 0 aliphatic carbocycles. The highest BCUT2D eigenvalue weighted by Gasteiger charge is 2.18. The van der Waals surface area contributed by atoms with Crippen molar-refractivity contribution >= 4 is 23.5 Å². The molecule has 0 aromatic heterocycles. The quantitative estimate of drug-likeness (QED) is 0.866. The van der Waals surface area contributed by atoms with E-state index < -0.39 is 12.1 Å². The van der Waals surface area contributed by atoms with Gasteiger partial charge in [-0.3, -0.25) is 4.79 Å². The fourth-order valence-electron chi connectivity index (χ4n) is 1.57. The van der Waals surface area contributed by atoms with Crippen molar-refractivity contribution in [2.75, 3.05) is 7.05 Å². The van der Waals surface area contributed by atoms with Crippen LogP contribution in [0.5, 0.6) is 0 Å². The molecular weight excluding hydrogens is 254 g/mol. The minimum absolute atomic E-state index is 0.228. The number of benzene rings is 1. The number of amides is 3. The molecular formula is C12H16ClN3O2. The lowest BCUT2D eigenvalue weighted by Gasteiger charge is -2.22. The third-order valence-corrected chi connectivity index (χ3v) is 2.84. The SMILES string of the molecule is CC(NC(N)=O)C(=O)N(C)Cc1ccccc1Cl. The standard InChI is InChI=1S/C12H16ClN3O2/c1-8(15-12(14)18)11(17)16(2)7-9-5-3-4-6-10(9)13/h3-6,8H,7H2,1-2H3,(H3,14,15,18). The van der Waals surface area contributed by atoms with Crippen molar-refractivity contribution in [2.45, 2.75) is 19.5 Å². The van der Waals surface area contributed by atoms with Gasteiger partial charge in [0.25, 0.3) is 0 Å². The Balaban J connectivity index is 2.65. The topological polar surface area (TPSA) is 75.4 Å². The average molecular weight is 270 g/mol. The molecule has 0 aliphatic heterocycles. The van der Waals surface area contributed by atoms with Crippen LogP contribution >= 0.6 is 11.6 Å². The van der Waals surface area contributed by atoms with Crippen molar-refractivity contribution < 1.29 is 9.59 Å². The summed E-state index contributed by atoms with van der Waals surface area (Å²) in [6.07, 6.45) is 0. The zero-order valence-corrected chi connectivity index (χ0v) is 11.1. The zero-order valence-electron chi connectivity index (χ0n) is 10.3. The van der Waals surface area contributed by atoms with Gasteiger partial charge in [0.1, 0.15) is 6.04 Å². The van der Waals surface area contributed by atoms with Crippen LogP contribution in [0.2, 0.25) is 5.02 Å². The predicted octanol–water partition coefficient (Wildman–Crippen LogP) is 1.36. The molecule has 1 unspecified atom stereocenters. The fraction of sp³-hybridized carbons (Fsp3) is 0.333. The van der Waals surface area contributed by atoms with Crippen LogP contribution in [-0.4, -0.2) is 29.9 Å². The van der Waals surface area contributed by atoms with E-state index in [1.54, 1.807) is 20.0 Å². The van der Waals surface area contributed by atoms with E-state index in [2.05, 4.69) is 5.32 Å². The Morgan fingerprint density at radius 3 is 2.61 bits per heavy atom. The number of urea groups is 1. The van der Waals surface area contributed by atoms with Gasteiger partial charge in [0.05, 0.1) is 0 Å². The largest absolute Gasteiger partial charge is 0.352 e. The van der Waals surface area contributed by atoms with Crippen molar-refractivity contribution in [3.05, 3.63) is 34.9 Å². The summed E-state index contributed by atoms with van der Waals surface area (Å²) in [5.41, 5.74) is 5.81. The summed E-state index contributed by atoms with van der Waals surface area (Å²) < 4.78 is 0. The van der Waals surface area contributed by atoms with E-state index in [0.717, 1.165) is 5.56 Å². The van der Waals surface area contributed by atoms with E-state index in [4.69, 9.17) is 17.3 Å². The van der Waals surface area contributed by atoms with E-state index in [-0.39, 0.29) is 5.91 Å². The lowest BCUT2D eigenvalue weighted by molar-refractivity contribution is -0.131. The maximum atomic E-state index is 11.9. The molecule has 0 saturated heterocycles. The van der Waals surface area contributed by atoms with Crippen LogP contribution in [0.3, 0.4) is 0 Å². The van der Waals surface area contributed by atoms with Crippen molar-refractivity contribution in [2.24, 2.45) is 5.73 Å². The first-order valence-electron chi connectivity index (χ1n) is 5.46. The van der Waals surface area contributed by atoms with E-state index in [1.165, 1.54) is 4.90 Å². The van der Waals surface area contributed by atoms with Gasteiger partial charge >= 0.3 is 6.03 Å². The van der Waals surface area contributed by atoms with Crippen LogP contribution in [0.1, 0.15) is 12.5 Å². The molecule has 0 saturated carbocycles. The number of hydrogen-bond acceptors (Lipinski definition) is 2.